The Morgan fingerprint density at radius 2 is 1.42 bits per heavy atom. The summed E-state index contributed by atoms with van der Waals surface area (Å²) < 4.78 is 32.3. The molecular weight excluding hydrogens is 457 g/mol. The molecule has 1 aliphatic rings. The van der Waals surface area contributed by atoms with Gasteiger partial charge in [-0.1, -0.05) is 47.5 Å². The fourth-order valence-corrected chi connectivity index (χ4v) is 5.56. The van der Waals surface area contributed by atoms with Gasteiger partial charge < -0.3 is 4.74 Å². The van der Waals surface area contributed by atoms with Crippen LogP contribution in [0.2, 0.25) is 10.0 Å². The quantitative estimate of drug-likeness (QED) is 0.469. The zero-order valence-corrected chi connectivity index (χ0v) is 18.7. The summed E-state index contributed by atoms with van der Waals surface area (Å²) in [6.07, 6.45) is 1.38. The van der Waals surface area contributed by atoms with Crippen LogP contribution < -0.4 is 9.64 Å². The second-order valence-corrected chi connectivity index (χ2v) is 9.73. The third-order valence-corrected chi connectivity index (χ3v) is 7.42. The van der Waals surface area contributed by atoms with Crippen LogP contribution in [0, 0.1) is 0 Å². The first-order valence-electron chi connectivity index (χ1n) is 9.25. The summed E-state index contributed by atoms with van der Waals surface area (Å²) >= 11 is 11.9. The van der Waals surface area contributed by atoms with Gasteiger partial charge in [-0.05, 0) is 65.7 Å². The summed E-state index contributed by atoms with van der Waals surface area (Å²) in [5.41, 5.74) is 1.43. The Bertz CT molecular complexity index is 1250. The summed E-state index contributed by atoms with van der Waals surface area (Å²) in [7, 11) is -2.50. The Labute approximate surface area is 190 Å². The van der Waals surface area contributed by atoms with Crippen LogP contribution in [0.4, 0.5) is 5.69 Å². The van der Waals surface area contributed by atoms with Crippen molar-refractivity contribution in [3.05, 3.63) is 98.9 Å². The molecule has 8 heteroatoms. The maximum atomic E-state index is 13.6. The van der Waals surface area contributed by atoms with Crippen molar-refractivity contribution in [1.29, 1.82) is 0 Å². The number of methoxy groups -OCH3 is 1. The molecule has 1 fully saturated rings. The molecule has 3 aromatic carbocycles. The fraction of sp³-hybridized carbons (Fsp3) is 0.0870. The van der Waals surface area contributed by atoms with Gasteiger partial charge in [-0.15, -0.1) is 0 Å². The molecule has 0 N–H and O–H groups in total. The lowest BCUT2D eigenvalue weighted by molar-refractivity contribution is -0.114. The van der Waals surface area contributed by atoms with Crippen LogP contribution in [-0.4, -0.2) is 21.4 Å². The number of rotatable bonds is 4. The second kappa shape index (κ2) is 8.38. The van der Waals surface area contributed by atoms with Crippen LogP contribution in [0.5, 0.6) is 5.75 Å². The summed E-state index contributed by atoms with van der Waals surface area (Å²) in [6, 6.07) is 19.7. The van der Waals surface area contributed by atoms with Crippen molar-refractivity contribution in [1.82, 2.24) is 0 Å². The van der Waals surface area contributed by atoms with Crippen molar-refractivity contribution in [2.24, 2.45) is 0 Å². The van der Waals surface area contributed by atoms with E-state index in [1.54, 1.807) is 72.8 Å². The average molecular weight is 474 g/mol. The molecule has 0 spiro atoms. The number of nitrogens with zero attached hydrogens (tertiary/aromatic N) is 1. The molecule has 31 heavy (non-hydrogen) atoms. The zero-order valence-electron chi connectivity index (χ0n) is 16.3. The number of hydrogen-bond acceptors (Lipinski definition) is 4. The van der Waals surface area contributed by atoms with Crippen molar-refractivity contribution in [3.63, 3.8) is 0 Å². The normalized spacial score (nSPS) is 19.1. The van der Waals surface area contributed by atoms with Crippen molar-refractivity contribution in [2.75, 3.05) is 12.0 Å². The molecule has 0 radical (unpaired) electrons. The Balaban J connectivity index is 1.88. The molecule has 1 saturated heterocycles. The topological polar surface area (TPSA) is 63.7 Å². The molecule has 1 atom stereocenters. The molecule has 158 valence electrons. The van der Waals surface area contributed by atoms with E-state index in [0.717, 1.165) is 0 Å². The van der Waals surface area contributed by atoms with Crippen molar-refractivity contribution < 1.29 is 17.9 Å². The molecular formula is C23H17Cl2NO4S. The number of anilines is 1. The number of carbonyl (C=O) groups excluding carboxylic acids is 1. The molecule has 3 aromatic rings. The van der Waals surface area contributed by atoms with E-state index < -0.39 is 21.1 Å². The van der Waals surface area contributed by atoms with Gasteiger partial charge in [0.25, 0.3) is 5.91 Å². The van der Waals surface area contributed by atoms with Gasteiger partial charge in [0, 0.05) is 15.7 Å². The highest BCUT2D eigenvalue weighted by molar-refractivity contribution is 7.97. The maximum absolute atomic E-state index is 13.6. The van der Waals surface area contributed by atoms with Crippen LogP contribution in [0.25, 0.3) is 6.08 Å². The molecule has 1 aliphatic heterocycles. The van der Waals surface area contributed by atoms with Crippen LogP contribution in [0.1, 0.15) is 16.5 Å². The number of sulfone groups is 1. The SMILES string of the molecule is COc1ccc(N2C(=O)/C(=C/c3ccc(Cl)cc3)S(=O)(=O)[C@H]2c2ccc(Cl)cc2)cc1. The van der Waals surface area contributed by atoms with Crippen LogP contribution in [-0.2, 0) is 14.6 Å². The Hall–Kier alpha value is -2.80. The number of halogens is 2. The first-order valence-corrected chi connectivity index (χ1v) is 11.6. The molecule has 5 nitrogen and oxygen atoms in total. The summed E-state index contributed by atoms with van der Waals surface area (Å²) in [4.78, 5) is 14.4. The highest BCUT2D eigenvalue weighted by atomic mass is 35.5. The number of amides is 1. The molecule has 4 rings (SSSR count). The number of benzene rings is 3. The van der Waals surface area contributed by atoms with Gasteiger partial charge in [0.05, 0.1) is 7.11 Å². The van der Waals surface area contributed by atoms with E-state index >= 15 is 0 Å². The lowest BCUT2D eigenvalue weighted by Gasteiger charge is -2.23. The van der Waals surface area contributed by atoms with E-state index in [1.165, 1.54) is 18.1 Å². The van der Waals surface area contributed by atoms with Gasteiger partial charge in [-0.25, -0.2) is 8.42 Å². The highest BCUT2D eigenvalue weighted by Gasteiger charge is 2.50. The molecule has 0 aromatic heterocycles. The minimum absolute atomic E-state index is 0.286. The number of hydrogen-bond donors (Lipinski definition) is 0. The fourth-order valence-electron chi connectivity index (χ4n) is 3.41. The second-order valence-electron chi connectivity index (χ2n) is 6.88. The predicted molar refractivity (Wildman–Crippen MR) is 123 cm³/mol. The van der Waals surface area contributed by atoms with Crippen LogP contribution in [0.15, 0.2) is 77.7 Å². The zero-order chi connectivity index (χ0) is 22.2. The minimum atomic E-state index is -4.03. The van der Waals surface area contributed by atoms with Gasteiger partial charge in [0.15, 0.2) is 5.37 Å². The van der Waals surface area contributed by atoms with Crippen molar-refractivity contribution >= 4 is 50.7 Å². The van der Waals surface area contributed by atoms with E-state index in [-0.39, 0.29) is 4.91 Å². The Morgan fingerprint density at radius 3 is 1.97 bits per heavy atom. The molecule has 0 saturated carbocycles. The van der Waals surface area contributed by atoms with Crippen LogP contribution >= 0.6 is 23.2 Å². The Morgan fingerprint density at radius 1 is 0.871 bits per heavy atom. The van der Waals surface area contributed by atoms with E-state index in [4.69, 9.17) is 27.9 Å². The van der Waals surface area contributed by atoms with E-state index in [2.05, 4.69) is 0 Å². The van der Waals surface area contributed by atoms with Crippen LogP contribution in [0.3, 0.4) is 0 Å². The predicted octanol–water partition coefficient (Wildman–Crippen LogP) is 5.50. The van der Waals surface area contributed by atoms with Gasteiger partial charge in [0.2, 0.25) is 9.84 Å². The number of carbonyl (C=O) groups is 1. The maximum Gasteiger partial charge on any atom is 0.271 e. The van der Waals surface area contributed by atoms with E-state index in [0.29, 0.717) is 32.6 Å². The lowest BCUT2D eigenvalue weighted by atomic mass is 10.1. The third-order valence-electron chi connectivity index (χ3n) is 4.94. The van der Waals surface area contributed by atoms with E-state index in [9.17, 15) is 13.2 Å². The molecule has 0 unspecified atom stereocenters. The summed E-state index contributed by atoms with van der Waals surface area (Å²) in [6.45, 7) is 0. The first kappa shape index (κ1) is 21.4. The van der Waals surface area contributed by atoms with Crippen molar-refractivity contribution in [2.45, 2.75) is 5.37 Å². The molecule has 1 heterocycles. The molecule has 0 bridgehead atoms. The first-order chi connectivity index (χ1) is 14.8. The number of ether oxygens (including phenoxy) is 1. The molecule has 0 aliphatic carbocycles. The standard InChI is InChI=1S/C23H17Cl2NO4S/c1-30-20-12-10-19(11-13-20)26-22(27)21(14-15-2-6-17(24)7-3-15)31(28,29)23(26)16-4-8-18(25)9-5-16/h2-14,23H,1H3/b21-14-/t23-/m0/s1. The van der Waals surface area contributed by atoms with Gasteiger partial charge in [-0.3, -0.25) is 9.69 Å². The minimum Gasteiger partial charge on any atom is -0.497 e. The third kappa shape index (κ3) is 4.06. The van der Waals surface area contributed by atoms with Gasteiger partial charge in [0.1, 0.15) is 10.7 Å². The average Bonchev–Trinajstić information content (AvgIpc) is 2.96. The Kier molecular flexibility index (Phi) is 5.79. The highest BCUT2D eigenvalue weighted by Crippen LogP contribution is 2.44. The smallest absolute Gasteiger partial charge is 0.271 e. The summed E-state index contributed by atoms with van der Waals surface area (Å²) in [5.74, 6) is -0.0155. The monoisotopic (exact) mass is 473 g/mol. The van der Waals surface area contributed by atoms with Gasteiger partial charge in [-0.2, -0.15) is 0 Å². The lowest BCUT2D eigenvalue weighted by Crippen LogP contribution is -2.28. The van der Waals surface area contributed by atoms with Gasteiger partial charge >= 0.3 is 0 Å². The van der Waals surface area contributed by atoms with Crippen molar-refractivity contribution in [3.8, 4) is 5.75 Å². The summed E-state index contributed by atoms with van der Waals surface area (Å²) in [5, 5.41) is -0.232. The van der Waals surface area contributed by atoms with E-state index in [1.807, 2.05) is 0 Å². The molecule has 1 amide bonds. The largest absolute Gasteiger partial charge is 0.497 e.